The fraction of sp³-hybridized carbons (Fsp3) is 0.533. The van der Waals surface area contributed by atoms with E-state index in [1.54, 1.807) is 4.90 Å². The summed E-state index contributed by atoms with van der Waals surface area (Å²) in [6, 6.07) is 2.70. The molecule has 1 aliphatic heterocycles. The van der Waals surface area contributed by atoms with Crippen LogP contribution >= 0.6 is 0 Å². The Morgan fingerprint density at radius 2 is 1.91 bits per heavy atom. The molecule has 0 N–H and O–H groups in total. The number of nitrogens with zero attached hydrogens (tertiary/aromatic N) is 2. The summed E-state index contributed by atoms with van der Waals surface area (Å²) in [5.74, 6) is 0.207. The monoisotopic (exact) mass is 308 g/mol. The zero-order valence-electron chi connectivity index (χ0n) is 13.0. The molecule has 7 heteroatoms. The first-order chi connectivity index (χ1) is 10.5. The normalized spacial score (nSPS) is 18.0. The van der Waals surface area contributed by atoms with E-state index in [1.807, 2.05) is 6.92 Å². The van der Waals surface area contributed by atoms with Gasteiger partial charge in [-0.1, -0.05) is 0 Å². The van der Waals surface area contributed by atoms with Gasteiger partial charge in [0.05, 0.1) is 25.2 Å². The Bertz CT molecular complexity index is 588. The second-order valence-corrected chi connectivity index (χ2v) is 5.32. The summed E-state index contributed by atoms with van der Waals surface area (Å²) in [6.45, 7) is 2.58. The van der Waals surface area contributed by atoms with Gasteiger partial charge in [0.1, 0.15) is 5.56 Å². The van der Waals surface area contributed by atoms with E-state index in [0.29, 0.717) is 12.3 Å². The number of piperidine rings is 1. The molecule has 1 saturated heterocycles. The molecule has 1 aromatic rings. The third-order valence-corrected chi connectivity index (χ3v) is 3.99. The van der Waals surface area contributed by atoms with Crippen LogP contribution in [0.15, 0.2) is 12.1 Å². The van der Waals surface area contributed by atoms with Gasteiger partial charge in [-0.05, 0) is 26.2 Å². The van der Waals surface area contributed by atoms with Crippen LogP contribution in [0.25, 0.3) is 0 Å². The molecule has 22 heavy (non-hydrogen) atoms. The lowest BCUT2D eigenvalue weighted by atomic mass is 10.0. The van der Waals surface area contributed by atoms with Gasteiger partial charge in [0.15, 0.2) is 11.5 Å². The third-order valence-electron chi connectivity index (χ3n) is 3.99. The third kappa shape index (κ3) is 2.98. The van der Waals surface area contributed by atoms with E-state index in [-0.39, 0.29) is 28.9 Å². The second kappa shape index (κ2) is 6.64. The molecule has 0 radical (unpaired) electrons. The molecule has 0 saturated carbocycles. The van der Waals surface area contributed by atoms with Gasteiger partial charge < -0.3 is 14.4 Å². The summed E-state index contributed by atoms with van der Waals surface area (Å²) in [5, 5.41) is 11.3. The fourth-order valence-electron chi connectivity index (χ4n) is 2.75. The number of methoxy groups -OCH3 is 2. The smallest absolute Gasteiger partial charge is 0.286 e. The molecule has 0 aromatic heterocycles. The largest absolute Gasteiger partial charge is 0.493 e. The summed E-state index contributed by atoms with van der Waals surface area (Å²) >= 11 is 0. The van der Waals surface area contributed by atoms with Crippen molar-refractivity contribution in [3.8, 4) is 11.5 Å². The zero-order chi connectivity index (χ0) is 16.3. The van der Waals surface area contributed by atoms with Crippen molar-refractivity contribution in [1.82, 2.24) is 4.90 Å². The standard InChI is InChI=1S/C15H20N2O5/c1-10-6-4-5-7-16(10)15(18)11-8-13(21-2)14(22-3)9-12(11)17(19)20/h8-10H,4-7H2,1-3H3. The lowest BCUT2D eigenvalue weighted by molar-refractivity contribution is -0.385. The molecule has 1 amide bonds. The summed E-state index contributed by atoms with van der Waals surface area (Å²) < 4.78 is 10.2. The number of nitro benzene ring substituents is 1. The Labute approximate surface area is 129 Å². The summed E-state index contributed by atoms with van der Waals surface area (Å²) in [4.78, 5) is 25.2. The first-order valence-electron chi connectivity index (χ1n) is 7.21. The molecule has 2 rings (SSSR count). The Morgan fingerprint density at radius 3 is 2.45 bits per heavy atom. The van der Waals surface area contributed by atoms with Crippen molar-refractivity contribution < 1.29 is 19.2 Å². The van der Waals surface area contributed by atoms with Gasteiger partial charge in [0.2, 0.25) is 0 Å². The number of ether oxygens (including phenoxy) is 2. The number of carbonyl (C=O) groups is 1. The van der Waals surface area contributed by atoms with Gasteiger partial charge in [0, 0.05) is 18.7 Å². The van der Waals surface area contributed by atoms with Gasteiger partial charge in [-0.2, -0.15) is 0 Å². The fourth-order valence-corrected chi connectivity index (χ4v) is 2.75. The first kappa shape index (κ1) is 16.1. The maximum Gasteiger partial charge on any atom is 0.286 e. The molecule has 120 valence electrons. The van der Waals surface area contributed by atoms with E-state index < -0.39 is 4.92 Å². The second-order valence-electron chi connectivity index (χ2n) is 5.32. The average molecular weight is 308 g/mol. The number of rotatable bonds is 4. The minimum Gasteiger partial charge on any atom is -0.493 e. The molecule has 0 spiro atoms. The molecule has 1 heterocycles. The van der Waals surface area contributed by atoms with Crippen LogP contribution in [0.5, 0.6) is 11.5 Å². The molecule has 1 atom stereocenters. The number of likely N-dealkylation sites (tertiary alicyclic amines) is 1. The van der Waals surface area contributed by atoms with Gasteiger partial charge in [-0.15, -0.1) is 0 Å². The zero-order valence-corrected chi connectivity index (χ0v) is 13.0. The highest BCUT2D eigenvalue weighted by Crippen LogP contribution is 2.35. The van der Waals surface area contributed by atoms with E-state index >= 15 is 0 Å². The van der Waals surface area contributed by atoms with E-state index in [9.17, 15) is 14.9 Å². The molecule has 1 unspecified atom stereocenters. The van der Waals surface area contributed by atoms with Crippen molar-refractivity contribution in [1.29, 1.82) is 0 Å². The number of hydrogen-bond donors (Lipinski definition) is 0. The molecule has 0 bridgehead atoms. The SMILES string of the molecule is COc1cc(C(=O)N2CCCCC2C)c([N+](=O)[O-])cc1OC. The summed E-state index contributed by atoms with van der Waals surface area (Å²) in [6.07, 6.45) is 2.89. The van der Waals surface area contributed by atoms with Crippen LogP contribution in [0.1, 0.15) is 36.5 Å². The lowest BCUT2D eigenvalue weighted by Crippen LogP contribution is -2.42. The number of nitro groups is 1. The maximum atomic E-state index is 12.7. The molecule has 7 nitrogen and oxygen atoms in total. The quantitative estimate of drug-likeness (QED) is 0.631. The van der Waals surface area contributed by atoms with Gasteiger partial charge in [0.25, 0.3) is 11.6 Å². The summed E-state index contributed by atoms with van der Waals surface area (Å²) in [5.41, 5.74) is -0.225. The Morgan fingerprint density at radius 1 is 1.27 bits per heavy atom. The minimum absolute atomic E-state index is 0.0383. The van der Waals surface area contributed by atoms with Crippen molar-refractivity contribution in [3.63, 3.8) is 0 Å². The van der Waals surface area contributed by atoms with E-state index in [2.05, 4.69) is 0 Å². The Kier molecular flexibility index (Phi) is 4.85. The predicted octanol–water partition coefficient (Wildman–Crippen LogP) is 2.63. The first-order valence-corrected chi connectivity index (χ1v) is 7.21. The van der Waals surface area contributed by atoms with Crippen LogP contribution in [0.2, 0.25) is 0 Å². The van der Waals surface area contributed by atoms with E-state index in [4.69, 9.17) is 9.47 Å². The molecular weight excluding hydrogens is 288 g/mol. The van der Waals surface area contributed by atoms with E-state index in [1.165, 1.54) is 26.4 Å². The highest BCUT2D eigenvalue weighted by molar-refractivity contribution is 5.99. The van der Waals surface area contributed by atoms with E-state index in [0.717, 1.165) is 19.3 Å². The molecular formula is C15H20N2O5. The van der Waals surface area contributed by atoms with Gasteiger partial charge >= 0.3 is 0 Å². The predicted molar refractivity (Wildman–Crippen MR) is 80.5 cm³/mol. The topological polar surface area (TPSA) is 81.9 Å². The van der Waals surface area contributed by atoms with Crippen LogP contribution < -0.4 is 9.47 Å². The van der Waals surface area contributed by atoms with Gasteiger partial charge in [-0.3, -0.25) is 14.9 Å². The maximum absolute atomic E-state index is 12.7. The summed E-state index contributed by atoms with van der Waals surface area (Å²) in [7, 11) is 2.83. The molecule has 1 aromatic carbocycles. The van der Waals surface area contributed by atoms with Crippen molar-refractivity contribution in [2.24, 2.45) is 0 Å². The van der Waals surface area contributed by atoms with Crippen molar-refractivity contribution >= 4 is 11.6 Å². The van der Waals surface area contributed by atoms with Crippen LogP contribution in [0, 0.1) is 10.1 Å². The van der Waals surface area contributed by atoms with Crippen molar-refractivity contribution in [2.45, 2.75) is 32.2 Å². The number of benzene rings is 1. The molecule has 0 aliphatic carbocycles. The molecule has 1 aliphatic rings. The minimum atomic E-state index is -0.566. The van der Waals surface area contributed by atoms with Crippen LogP contribution in [0.3, 0.4) is 0 Å². The highest BCUT2D eigenvalue weighted by atomic mass is 16.6. The van der Waals surface area contributed by atoms with Crippen LogP contribution in [0.4, 0.5) is 5.69 Å². The van der Waals surface area contributed by atoms with Crippen LogP contribution in [-0.2, 0) is 0 Å². The number of amides is 1. The average Bonchev–Trinajstić information content (AvgIpc) is 2.53. The highest BCUT2D eigenvalue weighted by Gasteiger charge is 2.31. The van der Waals surface area contributed by atoms with Crippen molar-refractivity contribution in [2.75, 3.05) is 20.8 Å². The molecule has 1 fully saturated rings. The Balaban J connectivity index is 2.47. The lowest BCUT2D eigenvalue weighted by Gasteiger charge is -2.33. The van der Waals surface area contributed by atoms with Crippen LogP contribution in [-0.4, -0.2) is 42.5 Å². The Hall–Kier alpha value is -2.31. The van der Waals surface area contributed by atoms with Crippen molar-refractivity contribution in [3.05, 3.63) is 27.8 Å². The number of hydrogen-bond acceptors (Lipinski definition) is 5. The number of carbonyl (C=O) groups excluding carboxylic acids is 1. The van der Waals surface area contributed by atoms with Gasteiger partial charge in [-0.25, -0.2) is 0 Å².